The molecule has 1 aliphatic heterocycles. The molecule has 2 aromatic heterocycles. The number of aromatic nitrogens is 4. The Morgan fingerprint density at radius 3 is 2.32 bits per heavy atom. The Morgan fingerprint density at radius 1 is 1.04 bits per heavy atom. The zero-order valence-corrected chi connectivity index (χ0v) is 15.6. The molecule has 0 aromatic carbocycles. The van der Waals surface area contributed by atoms with Gasteiger partial charge in [0.1, 0.15) is 12.1 Å². The molecule has 1 fully saturated rings. The van der Waals surface area contributed by atoms with Crippen LogP contribution in [0.3, 0.4) is 0 Å². The van der Waals surface area contributed by atoms with Gasteiger partial charge in [-0.3, -0.25) is 4.90 Å². The average Bonchev–Trinajstić information content (AvgIpc) is 2.62. The topological polar surface area (TPSA) is 61.3 Å². The van der Waals surface area contributed by atoms with E-state index in [1.807, 2.05) is 38.3 Å². The SMILES string of the molecule is Cc1cc(N(C)C2CCN(Cc3cnc(N(C)C)nc3)CC2)ncn1. The normalized spacial score (nSPS) is 16.0. The molecule has 0 spiro atoms. The van der Waals surface area contributed by atoms with E-state index in [-0.39, 0.29) is 0 Å². The van der Waals surface area contributed by atoms with Crippen LogP contribution in [-0.2, 0) is 6.54 Å². The van der Waals surface area contributed by atoms with Crippen molar-refractivity contribution < 1.29 is 0 Å². The first kappa shape index (κ1) is 17.5. The van der Waals surface area contributed by atoms with Gasteiger partial charge in [-0.2, -0.15) is 0 Å². The summed E-state index contributed by atoms with van der Waals surface area (Å²) in [6.07, 6.45) is 7.79. The number of hydrogen-bond donors (Lipinski definition) is 0. The minimum atomic E-state index is 0.526. The smallest absolute Gasteiger partial charge is 0.224 e. The van der Waals surface area contributed by atoms with E-state index in [1.165, 1.54) is 5.56 Å². The second-order valence-electron chi connectivity index (χ2n) is 6.92. The van der Waals surface area contributed by atoms with Crippen LogP contribution in [0.15, 0.2) is 24.8 Å². The molecule has 3 heterocycles. The maximum Gasteiger partial charge on any atom is 0.224 e. The van der Waals surface area contributed by atoms with E-state index in [1.54, 1.807) is 6.33 Å². The molecule has 7 nitrogen and oxygen atoms in total. The molecule has 1 aliphatic rings. The maximum atomic E-state index is 4.40. The third-order valence-corrected chi connectivity index (χ3v) is 4.75. The van der Waals surface area contributed by atoms with E-state index < -0.39 is 0 Å². The molecule has 0 aliphatic carbocycles. The largest absolute Gasteiger partial charge is 0.356 e. The van der Waals surface area contributed by atoms with Gasteiger partial charge in [0.25, 0.3) is 0 Å². The van der Waals surface area contributed by atoms with E-state index in [4.69, 9.17) is 0 Å². The van der Waals surface area contributed by atoms with Gasteiger partial charge in [-0.1, -0.05) is 0 Å². The van der Waals surface area contributed by atoms with Crippen LogP contribution in [0.2, 0.25) is 0 Å². The Balaban J connectivity index is 1.53. The Bertz CT molecular complexity index is 678. The molecule has 25 heavy (non-hydrogen) atoms. The molecule has 0 saturated carbocycles. The summed E-state index contributed by atoms with van der Waals surface area (Å²) in [5.41, 5.74) is 2.18. The third kappa shape index (κ3) is 4.42. The van der Waals surface area contributed by atoms with Crippen molar-refractivity contribution in [1.29, 1.82) is 0 Å². The van der Waals surface area contributed by atoms with Gasteiger partial charge < -0.3 is 9.80 Å². The lowest BCUT2D eigenvalue weighted by molar-refractivity contribution is 0.203. The summed E-state index contributed by atoms with van der Waals surface area (Å²) in [7, 11) is 6.04. The molecule has 0 bridgehead atoms. The van der Waals surface area contributed by atoms with Crippen LogP contribution in [0.25, 0.3) is 0 Å². The van der Waals surface area contributed by atoms with Crippen LogP contribution in [-0.4, -0.2) is 65.1 Å². The summed E-state index contributed by atoms with van der Waals surface area (Å²) >= 11 is 0. The van der Waals surface area contributed by atoms with Crippen molar-refractivity contribution in [1.82, 2.24) is 24.8 Å². The highest BCUT2D eigenvalue weighted by Crippen LogP contribution is 2.21. The van der Waals surface area contributed by atoms with Crippen molar-refractivity contribution in [2.24, 2.45) is 0 Å². The zero-order valence-electron chi connectivity index (χ0n) is 15.6. The Kier molecular flexibility index (Phi) is 5.43. The van der Waals surface area contributed by atoms with Crippen molar-refractivity contribution in [2.45, 2.75) is 32.4 Å². The summed E-state index contributed by atoms with van der Waals surface area (Å²) in [5, 5.41) is 0. The lowest BCUT2D eigenvalue weighted by atomic mass is 10.0. The molecule has 0 unspecified atom stereocenters. The van der Waals surface area contributed by atoms with Gasteiger partial charge >= 0.3 is 0 Å². The zero-order chi connectivity index (χ0) is 17.8. The molecule has 2 aromatic rings. The van der Waals surface area contributed by atoms with E-state index >= 15 is 0 Å². The number of piperidine rings is 1. The second kappa shape index (κ2) is 7.74. The fraction of sp³-hybridized carbons (Fsp3) is 0.556. The average molecular weight is 341 g/mol. The van der Waals surface area contributed by atoms with Crippen molar-refractivity contribution in [3.8, 4) is 0 Å². The molecule has 0 N–H and O–H groups in total. The van der Waals surface area contributed by atoms with Crippen LogP contribution in [0.5, 0.6) is 0 Å². The van der Waals surface area contributed by atoms with Gasteiger partial charge in [0.05, 0.1) is 0 Å². The highest BCUT2D eigenvalue weighted by atomic mass is 15.2. The van der Waals surface area contributed by atoms with Crippen LogP contribution in [0.1, 0.15) is 24.1 Å². The van der Waals surface area contributed by atoms with Crippen LogP contribution >= 0.6 is 0 Å². The summed E-state index contributed by atoms with van der Waals surface area (Å²) in [6, 6.07) is 2.58. The number of hydrogen-bond acceptors (Lipinski definition) is 7. The lowest BCUT2D eigenvalue weighted by Crippen LogP contribution is -2.43. The van der Waals surface area contributed by atoms with Gasteiger partial charge in [-0.15, -0.1) is 0 Å². The molecular weight excluding hydrogens is 314 g/mol. The number of likely N-dealkylation sites (tertiary alicyclic amines) is 1. The highest BCUT2D eigenvalue weighted by Gasteiger charge is 2.23. The van der Waals surface area contributed by atoms with Gasteiger partial charge in [0.2, 0.25) is 5.95 Å². The number of anilines is 2. The first-order chi connectivity index (χ1) is 12.0. The molecule has 134 valence electrons. The van der Waals surface area contributed by atoms with E-state index in [0.29, 0.717) is 6.04 Å². The van der Waals surface area contributed by atoms with E-state index in [0.717, 1.165) is 49.9 Å². The minimum absolute atomic E-state index is 0.526. The highest BCUT2D eigenvalue weighted by molar-refractivity contribution is 5.39. The van der Waals surface area contributed by atoms with Gasteiger partial charge in [0, 0.05) is 76.5 Å². The predicted molar refractivity (Wildman–Crippen MR) is 99.8 cm³/mol. The van der Waals surface area contributed by atoms with Crippen LogP contribution < -0.4 is 9.80 Å². The quantitative estimate of drug-likeness (QED) is 0.821. The number of nitrogens with zero attached hydrogens (tertiary/aromatic N) is 7. The molecule has 3 rings (SSSR count). The predicted octanol–water partition coefficient (Wildman–Crippen LogP) is 1.74. The summed E-state index contributed by atoms with van der Waals surface area (Å²) in [6.45, 7) is 5.07. The third-order valence-electron chi connectivity index (χ3n) is 4.75. The molecule has 0 radical (unpaired) electrons. The van der Waals surface area contributed by atoms with E-state index in [2.05, 4.69) is 42.8 Å². The van der Waals surface area contributed by atoms with Crippen LogP contribution in [0, 0.1) is 6.92 Å². The molecule has 1 saturated heterocycles. The summed E-state index contributed by atoms with van der Waals surface area (Å²) < 4.78 is 0. The molecule has 7 heteroatoms. The number of rotatable bonds is 5. The summed E-state index contributed by atoms with van der Waals surface area (Å²) in [4.78, 5) is 24.1. The fourth-order valence-electron chi connectivity index (χ4n) is 3.20. The van der Waals surface area contributed by atoms with Gasteiger partial charge in [-0.25, -0.2) is 19.9 Å². The Hall–Kier alpha value is -2.28. The maximum absolute atomic E-state index is 4.40. The van der Waals surface area contributed by atoms with Crippen LogP contribution in [0.4, 0.5) is 11.8 Å². The monoisotopic (exact) mass is 341 g/mol. The number of aryl methyl sites for hydroxylation is 1. The first-order valence-corrected chi connectivity index (χ1v) is 8.75. The fourth-order valence-corrected chi connectivity index (χ4v) is 3.20. The molecule has 0 atom stereocenters. The minimum Gasteiger partial charge on any atom is -0.356 e. The second-order valence-corrected chi connectivity index (χ2v) is 6.92. The van der Waals surface area contributed by atoms with Crippen molar-refractivity contribution in [2.75, 3.05) is 44.0 Å². The first-order valence-electron chi connectivity index (χ1n) is 8.75. The van der Waals surface area contributed by atoms with E-state index in [9.17, 15) is 0 Å². The molecular formula is C18H27N7. The standard InChI is InChI=1S/C18H27N7/c1-14-9-17(22-13-21-14)24(4)16-5-7-25(8-6-16)12-15-10-19-18(20-11-15)23(2)3/h9-11,13,16H,5-8,12H2,1-4H3. The summed E-state index contributed by atoms with van der Waals surface area (Å²) in [5.74, 6) is 1.77. The molecule has 0 amide bonds. The lowest BCUT2D eigenvalue weighted by Gasteiger charge is -2.37. The van der Waals surface area contributed by atoms with Crippen molar-refractivity contribution in [3.63, 3.8) is 0 Å². The van der Waals surface area contributed by atoms with Crippen molar-refractivity contribution >= 4 is 11.8 Å². The Morgan fingerprint density at radius 2 is 1.72 bits per heavy atom. The van der Waals surface area contributed by atoms with Gasteiger partial charge in [0.15, 0.2) is 0 Å². The Labute approximate surface area is 149 Å². The van der Waals surface area contributed by atoms with Gasteiger partial charge in [-0.05, 0) is 19.8 Å². The van der Waals surface area contributed by atoms with Crippen molar-refractivity contribution in [3.05, 3.63) is 36.0 Å².